The molecule has 2 fully saturated rings. The standard InChI is InChI=1S/C13H18N2S.C10H21N.C9H9Cl.C3H6/c1-3-9-15(10-4-2)13-11-7-5-6-8-12(11)16-14-13;1-3-9-6-4-5-7-10(9)8-11-2;1-2-3-8-4-6-9(10)7-5-8;1-2-3-1/h5-8H,3-4,9-10H2,1-2H3;9-11H,3-8H2,1-2H3;2,4-7H,1,3H2;1-3H2. The normalized spacial score (nSPS) is 17.3. The summed E-state index contributed by atoms with van der Waals surface area (Å²) in [6, 6.07) is 16.3. The topological polar surface area (TPSA) is 28.2 Å². The number of hydrogen-bond acceptors (Lipinski definition) is 4. The predicted octanol–water partition coefficient (Wildman–Crippen LogP) is 10.6. The number of fused-ring (bicyclic) bond motifs is 1. The number of nitrogens with zero attached hydrogens (tertiary/aromatic N) is 2. The van der Waals surface area contributed by atoms with Crippen LogP contribution in [0.5, 0.6) is 0 Å². The minimum Gasteiger partial charge on any atom is -0.355 e. The Morgan fingerprint density at radius 1 is 0.925 bits per heavy atom. The molecule has 5 heteroatoms. The zero-order chi connectivity index (χ0) is 29.0. The molecule has 222 valence electrons. The molecule has 2 aromatic carbocycles. The molecule has 0 radical (unpaired) electrons. The molecule has 0 bridgehead atoms. The van der Waals surface area contributed by atoms with Crippen molar-refractivity contribution < 1.29 is 0 Å². The molecule has 2 atom stereocenters. The van der Waals surface area contributed by atoms with Crippen molar-refractivity contribution in [1.29, 1.82) is 0 Å². The average molecular weight is 584 g/mol. The molecule has 0 spiro atoms. The van der Waals surface area contributed by atoms with E-state index in [0.717, 1.165) is 36.4 Å². The Bertz CT molecular complexity index is 1040. The lowest BCUT2D eigenvalue weighted by atomic mass is 9.78. The molecule has 0 amide bonds. The summed E-state index contributed by atoms with van der Waals surface area (Å²) in [5.74, 6) is 3.15. The molecule has 40 heavy (non-hydrogen) atoms. The van der Waals surface area contributed by atoms with Gasteiger partial charge in [0.05, 0.1) is 4.70 Å². The van der Waals surface area contributed by atoms with Crippen molar-refractivity contribution in [2.45, 2.75) is 91.4 Å². The number of hydrogen-bond donors (Lipinski definition) is 1. The van der Waals surface area contributed by atoms with Crippen molar-refractivity contribution in [3.8, 4) is 0 Å². The Labute approximate surface area is 254 Å². The monoisotopic (exact) mass is 583 g/mol. The molecular formula is C35H54ClN3S. The molecule has 3 aromatic rings. The van der Waals surface area contributed by atoms with Crippen molar-refractivity contribution >= 4 is 39.0 Å². The maximum absolute atomic E-state index is 5.69. The number of nitrogens with one attached hydrogen (secondary N) is 1. The molecule has 1 N–H and O–H groups in total. The molecule has 2 aliphatic carbocycles. The zero-order valence-electron chi connectivity index (χ0n) is 25.6. The van der Waals surface area contributed by atoms with Crippen molar-refractivity contribution in [2.24, 2.45) is 11.8 Å². The fourth-order valence-electron chi connectivity index (χ4n) is 5.10. The van der Waals surface area contributed by atoms with Gasteiger partial charge in [-0.25, -0.2) is 0 Å². The van der Waals surface area contributed by atoms with E-state index >= 15 is 0 Å². The van der Waals surface area contributed by atoms with Gasteiger partial charge in [-0.1, -0.05) is 108 Å². The van der Waals surface area contributed by atoms with Gasteiger partial charge in [0, 0.05) is 23.5 Å². The predicted molar refractivity (Wildman–Crippen MR) is 181 cm³/mol. The van der Waals surface area contributed by atoms with Gasteiger partial charge in [0.1, 0.15) is 5.82 Å². The van der Waals surface area contributed by atoms with Gasteiger partial charge in [-0.3, -0.25) is 0 Å². The largest absolute Gasteiger partial charge is 0.355 e. The van der Waals surface area contributed by atoms with Crippen LogP contribution in [0.3, 0.4) is 0 Å². The fourth-order valence-corrected chi connectivity index (χ4v) is 6.03. The van der Waals surface area contributed by atoms with Crippen LogP contribution < -0.4 is 10.2 Å². The Morgan fingerprint density at radius 3 is 2.10 bits per heavy atom. The highest BCUT2D eigenvalue weighted by Gasteiger charge is 2.22. The van der Waals surface area contributed by atoms with Crippen LogP contribution in [0.15, 0.2) is 61.2 Å². The third-order valence-electron chi connectivity index (χ3n) is 7.35. The fraction of sp³-hybridized carbons (Fsp3) is 0.571. The number of benzene rings is 2. The Balaban J connectivity index is 0.000000205. The van der Waals surface area contributed by atoms with Crippen LogP contribution in [0.4, 0.5) is 5.82 Å². The average Bonchev–Trinajstić information content (AvgIpc) is 3.81. The van der Waals surface area contributed by atoms with Gasteiger partial charge in [0.15, 0.2) is 0 Å². The number of rotatable bonds is 10. The summed E-state index contributed by atoms with van der Waals surface area (Å²) >= 11 is 7.29. The molecule has 5 rings (SSSR count). The first-order chi connectivity index (χ1) is 19.6. The van der Waals surface area contributed by atoms with Crippen LogP contribution >= 0.6 is 23.1 Å². The summed E-state index contributed by atoms with van der Waals surface area (Å²) in [5, 5.41) is 5.39. The second kappa shape index (κ2) is 20.9. The summed E-state index contributed by atoms with van der Waals surface area (Å²) in [5.41, 5.74) is 1.25. The molecular weight excluding hydrogens is 530 g/mol. The Hall–Kier alpha value is -1.88. The van der Waals surface area contributed by atoms with E-state index < -0.39 is 0 Å². The summed E-state index contributed by atoms with van der Waals surface area (Å²) < 4.78 is 5.89. The summed E-state index contributed by atoms with van der Waals surface area (Å²) in [6.45, 7) is 13.8. The van der Waals surface area contributed by atoms with Gasteiger partial charge in [-0.05, 0) is 92.5 Å². The van der Waals surface area contributed by atoms with E-state index in [-0.39, 0.29) is 0 Å². The minimum absolute atomic E-state index is 0.785. The van der Waals surface area contributed by atoms with Crippen molar-refractivity contribution in [3.63, 3.8) is 0 Å². The number of allylic oxidation sites excluding steroid dienone is 1. The second-order valence-electron chi connectivity index (χ2n) is 10.9. The number of halogens is 1. The van der Waals surface area contributed by atoms with Crippen molar-refractivity contribution in [1.82, 2.24) is 9.69 Å². The Kier molecular flexibility index (Phi) is 17.9. The van der Waals surface area contributed by atoms with Crippen LogP contribution in [0.2, 0.25) is 5.02 Å². The first kappa shape index (κ1) is 34.3. The van der Waals surface area contributed by atoms with Crippen molar-refractivity contribution in [2.75, 3.05) is 31.6 Å². The van der Waals surface area contributed by atoms with E-state index in [1.165, 1.54) is 92.2 Å². The first-order valence-electron chi connectivity index (χ1n) is 15.7. The van der Waals surface area contributed by atoms with E-state index in [4.69, 9.17) is 11.6 Å². The van der Waals surface area contributed by atoms with Crippen LogP contribution in [-0.4, -0.2) is 31.1 Å². The van der Waals surface area contributed by atoms with Gasteiger partial charge in [-0.15, -0.1) is 6.58 Å². The zero-order valence-corrected chi connectivity index (χ0v) is 27.2. The van der Waals surface area contributed by atoms with E-state index in [0.29, 0.717) is 0 Å². The van der Waals surface area contributed by atoms with Gasteiger partial charge in [0.2, 0.25) is 0 Å². The van der Waals surface area contributed by atoms with Gasteiger partial charge >= 0.3 is 0 Å². The number of aromatic nitrogens is 1. The van der Waals surface area contributed by atoms with Crippen LogP contribution in [0.25, 0.3) is 10.1 Å². The Morgan fingerprint density at radius 2 is 1.55 bits per heavy atom. The summed E-state index contributed by atoms with van der Waals surface area (Å²) in [6.07, 6.45) is 16.9. The van der Waals surface area contributed by atoms with E-state index in [2.05, 4.69) is 73.3 Å². The molecule has 2 aliphatic rings. The SMILES string of the molecule is C1CC1.C=CCc1ccc(Cl)cc1.CCC1CCCCC1CNC.CCCN(CCC)c1nsc2ccccc12. The molecule has 1 heterocycles. The van der Waals surface area contributed by atoms with Crippen LogP contribution in [-0.2, 0) is 6.42 Å². The van der Waals surface area contributed by atoms with Crippen LogP contribution in [0.1, 0.15) is 90.5 Å². The van der Waals surface area contributed by atoms with Gasteiger partial charge < -0.3 is 10.2 Å². The van der Waals surface area contributed by atoms with E-state index in [1.54, 1.807) is 11.5 Å². The van der Waals surface area contributed by atoms with Gasteiger partial charge in [-0.2, -0.15) is 4.37 Å². The number of anilines is 1. The summed E-state index contributed by atoms with van der Waals surface area (Å²) in [4.78, 5) is 2.40. The van der Waals surface area contributed by atoms with Crippen molar-refractivity contribution in [3.05, 3.63) is 71.8 Å². The molecule has 1 aromatic heterocycles. The molecule has 0 aliphatic heterocycles. The molecule has 2 unspecified atom stereocenters. The minimum atomic E-state index is 0.785. The van der Waals surface area contributed by atoms with Crippen LogP contribution in [0, 0.1) is 11.8 Å². The first-order valence-corrected chi connectivity index (χ1v) is 16.8. The quantitative estimate of drug-likeness (QED) is 0.240. The highest BCUT2D eigenvalue weighted by atomic mass is 35.5. The lowest BCUT2D eigenvalue weighted by molar-refractivity contribution is 0.227. The second-order valence-corrected chi connectivity index (χ2v) is 12.2. The highest BCUT2D eigenvalue weighted by Crippen LogP contribution is 2.31. The molecule has 0 saturated heterocycles. The molecule has 2 saturated carbocycles. The van der Waals surface area contributed by atoms with E-state index in [9.17, 15) is 0 Å². The third kappa shape index (κ3) is 13.2. The lowest BCUT2D eigenvalue weighted by Gasteiger charge is -2.30. The maximum atomic E-state index is 5.69. The van der Waals surface area contributed by atoms with Gasteiger partial charge in [0.25, 0.3) is 0 Å². The third-order valence-corrected chi connectivity index (χ3v) is 8.42. The smallest absolute Gasteiger partial charge is 0.150 e. The molecule has 3 nitrogen and oxygen atoms in total. The van der Waals surface area contributed by atoms with E-state index in [1.807, 2.05) is 30.3 Å². The summed E-state index contributed by atoms with van der Waals surface area (Å²) in [7, 11) is 2.07. The highest BCUT2D eigenvalue weighted by molar-refractivity contribution is 7.13. The maximum Gasteiger partial charge on any atom is 0.150 e. The lowest BCUT2D eigenvalue weighted by Crippen LogP contribution is -2.28.